The second-order valence-corrected chi connectivity index (χ2v) is 5.32. The van der Waals surface area contributed by atoms with Crippen molar-refractivity contribution in [3.05, 3.63) is 58.6 Å². The molecule has 0 amide bonds. The number of nitrogens with zero attached hydrogens (tertiary/aromatic N) is 1. The molecule has 0 heterocycles. The molecule has 2 N–H and O–H groups in total. The van der Waals surface area contributed by atoms with Crippen LogP contribution >= 0.6 is 11.6 Å². The molecule has 0 aliphatic rings. The maximum atomic E-state index is 8.70. The zero-order valence-electron chi connectivity index (χ0n) is 13.5. The van der Waals surface area contributed by atoms with Gasteiger partial charge in [-0.2, -0.15) is 5.10 Å². The fourth-order valence-corrected chi connectivity index (χ4v) is 2.19. The molecule has 0 fully saturated rings. The highest BCUT2D eigenvalue weighted by Gasteiger charge is 2.07. The average molecular weight is 349 g/mol. The minimum Gasteiger partial charge on any atom is -0.490 e. The summed E-state index contributed by atoms with van der Waals surface area (Å²) in [6.07, 6.45) is 1.66. The van der Waals surface area contributed by atoms with Crippen LogP contribution in [0.15, 0.2) is 47.6 Å². The second-order valence-electron chi connectivity index (χ2n) is 4.91. The molecule has 0 atom stereocenters. The van der Waals surface area contributed by atoms with Gasteiger partial charge in [-0.05, 0) is 36.8 Å². The molecule has 24 heavy (non-hydrogen) atoms. The zero-order chi connectivity index (χ0) is 17.2. The lowest BCUT2D eigenvalue weighted by Gasteiger charge is -2.13. The third-order valence-corrected chi connectivity index (χ3v) is 3.51. The van der Waals surface area contributed by atoms with Gasteiger partial charge in [0.15, 0.2) is 11.5 Å². The molecule has 128 valence electrons. The summed E-state index contributed by atoms with van der Waals surface area (Å²) in [5.41, 5.74) is 4.52. The van der Waals surface area contributed by atoms with E-state index in [1.165, 1.54) is 0 Å². The number of aliphatic hydroxyl groups excluding tert-OH is 1. The lowest BCUT2D eigenvalue weighted by molar-refractivity contribution is 0.269. The van der Waals surface area contributed by atoms with Gasteiger partial charge in [-0.3, -0.25) is 0 Å². The monoisotopic (exact) mass is 348 g/mol. The number of rotatable bonds is 9. The first-order valence-corrected chi connectivity index (χ1v) is 8.12. The topological polar surface area (TPSA) is 63.1 Å². The Hall–Kier alpha value is -2.24. The number of ether oxygens (including phenoxy) is 2. The zero-order valence-corrected chi connectivity index (χ0v) is 14.3. The van der Waals surface area contributed by atoms with Crippen LogP contribution in [0.4, 0.5) is 0 Å². The molecule has 6 heteroatoms. The van der Waals surface area contributed by atoms with Crippen molar-refractivity contribution in [3.63, 3.8) is 0 Å². The van der Waals surface area contributed by atoms with E-state index in [0.717, 1.165) is 11.1 Å². The van der Waals surface area contributed by atoms with Crippen LogP contribution in [0.1, 0.15) is 18.1 Å². The van der Waals surface area contributed by atoms with Crippen molar-refractivity contribution >= 4 is 17.8 Å². The molecule has 2 aromatic carbocycles. The van der Waals surface area contributed by atoms with Crippen molar-refractivity contribution in [2.24, 2.45) is 5.10 Å². The molecule has 0 unspecified atom stereocenters. The van der Waals surface area contributed by atoms with Crippen LogP contribution in [0.3, 0.4) is 0 Å². The van der Waals surface area contributed by atoms with Gasteiger partial charge in [0.25, 0.3) is 0 Å². The van der Waals surface area contributed by atoms with Gasteiger partial charge in [-0.1, -0.05) is 29.8 Å². The first-order valence-electron chi connectivity index (χ1n) is 7.74. The number of benzene rings is 2. The Bertz CT molecular complexity index is 677. The quantitative estimate of drug-likeness (QED) is 0.415. The van der Waals surface area contributed by atoms with Gasteiger partial charge < -0.3 is 20.0 Å². The summed E-state index contributed by atoms with van der Waals surface area (Å²) in [6.45, 7) is 3.27. The van der Waals surface area contributed by atoms with Crippen LogP contribution in [0.2, 0.25) is 5.02 Å². The Morgan fingerprint density at radius 2 is 2.00 bits per heavy atom. The van der Waals surface area contributed by atoms with Crippen LogP contribution in [0.25, 0.3) is 0 Å². The standard InChI is InChI=1S/C18H21ClN2O3/c1-2-23-18-11-14(12-21-20-9-10-22)7-8-17(18)24-13-15-5-3-4-6-16(15)19/h3-8,11-12,20,22H,2,9-10,13H2,1H3/b21-12+. The fraction of sp³-hybridized carbons (Fsp3) is 0.278. The largest absolute Gasteiger partial charge is 0.490 e. The smallest absolute Gasteiger partial charge is 0.161 e. The predicted octanol–water partition coefficient (Wildman–Crippen LogP) is 3.23. The maximum absolute atomic E-state index is 8.70. The highest BCUT2D eigenvalue weighted by molar-refractivity contribution is 6.31. The molecule has 0 radical (unpaired) electrons. The van der Waals surface area contributed by atoms with Crippen LogP contribution < -0.4 is 14.9 Å². The molecule has 0 spiro atoms. The molecule has 0 aliphatic heterocycles. The number of nitrogens with one attached hydrogen (secondary N) is 1. The molecule has 2 rings (SSSR count). The number of hydrogen-bond acceptors (Lipinski definition) is 5. The number of aliphatic hydroxyl groups is 1. The summed E-state index contributed by atoms with van der Waals surface area (Å²) in [5, 5.41) is 13.4. The van der Waals surface area contributed by atoms with E-state index in [-0.39, 0.29) is 6.61 Å². The molecule has 0 saturated heterocycles. The molecule has 0 aliphatic carbocycles. The molecule has 2 aromatic rings. The van der Waals surface area contributed by atoms with E-state index in [9.17, 15) is 0 Å². The van der Waals surface area contributed by atoms with E-state index in [4.69, 9.17) is 26.2 Å². The van der Waals surface area contributed by atoms with Crippen molar-refractivity contribution in [1.82, 2.24) is 5.43 Å². The van der Waals surface area contributed by atoms with Gasteiger partial charge in [-0.15, -0.1) is 0 Å². The molecule has 5 nitrogen and oxygen atoms in total. The van der Waals surface area contributed by atoms with Gasteiger partial charge in [0.1, 0.15) is 6.61 Å². The van der Waals surface area contributed by atoms with Crippen LogP contribution in [0, 0.1) is 0 Å². The van der Waals surface area contributed by atoms with Crippen LogP contribution in [-0.4, -0.2) is 31.1 Å². The number of hydrazone groups is 1. The Kier molecular flexibility index (Phi) is 7.39. The van der Waals surface area contributed by atoms with E-state index in [0.29, 0.717) is 36.3 Å². The summed E-state index contributed by atoms with van der Waals surface area (Å²) < 4.78 is 11.5. The second kappa shape index (κ2) is 9.80. The van der Waals surface area contributed by atoms with Crippen LogP contribution in [-0.2, 0) is 6.61 Å². The minimum atomic E-state index is 0.0381. The van der Waals surface area contributed by atoms with Gasteiger partial charge in [-0.25, -0.2) is 0 Å². The molecule has 0 bridgehead atoms. The summed E-state index contributed by atoms with van der Waals surface area (Å²) in [5.74, 6) is 1.30. The van der Waals surface area contributed by atoms with Gasteiger partial charge in [0.2, 0.25) is 0 Å². The van der Waals surface area contributed by atoms with E-state index >= 15 is 0 Å². The average Bonchev–Trinajstić information content (AvgIpc) is 2.59. The Labute approximate surface area is 146 Å². The number of halogens is 1. The Balaban J connectivity index is 2.08. The van der Waals surface area contributed by atoms with Gasteiger partial charge in [0, 0.05) is 10.6 Å². The molecule has 0 aromatic heterocycles. The van der Waals surface area contributed by atoms with Crippen molar-refractivity contribution in [2.45, 2.75) is 13.5 Å². The summed E-state index contributed by atoms with van der Waals surface area (Å²) in [7, 11) is 0. The SMILES string of the molecule is CCOc1cc(/C=N/NCCO)ccc1OCc1ccccc1Cl. The Morgan fingerprint density at radius 1 is 1.17 bits per heavy atom. The summed E-state index contributed by atoms with van der Waals surface area (Å²) >= 11 is 6.15. The molecular formula is C18H21ClN2O3. The Morgan fingerprint density at radius 3 is 2.75 bits per heavy atom. The van der Waals surface area contributed by atoms with Gasteiger partial charge >= 0.3 is 0 Å². The van der Waals surface area contributed by atoms with Crippen molar-refractivity contribution in [1.29, 1.82) is 0 Å². The lowest BCUT2D eigenvalue weighted by atomic mass is 10.2. The van der Waals surface area contributed by atoms with E-state index < -0.39 is 0 Å². The summed E-state index contributed by atoms with van der Waals surface area (Å²) in [6, 6.07) is 13.2. The molecule has 0 saturated carbocycles. The van der Waals surface area contributed by atoms with Crippen molar-refractivity contribution < 1.29 is 14.6 Å². The van der Waals surface area contributed by atoms with Gasteiger partial charge in [0.05, 0.1) is 26.0 Å². The fourth-order valence-electron chi connectivity index (χ4n) is 2.00. The number of hydrogen-bond donors (Lipinski definition) is 2. The highest BCUT2D eigenvalue weighted by Crippen LogP contribution is 2.29. The maximum Gasteiger partial charge on any atom is 0.161 e. The first kappa shape index (κ1) is 18.1. The first-order chi connectivity index (χ1) is 11.7. The highest BCUT2D eigenvalue weighted by atomic mass is 35.5. The minimum absolute atomic E-state index is 0.0381. The van der Waals surface area contributed by atoms with E-state index in [1.807, 2.05) is 49.4 Å². The lowest BCUT2D eigenvalue weighted by Crippen LogP contribution is -2.11. The molecular weight excluding hydrogens is 328 g/mol. The van der Waals surface area contributed by atoms with E-state index in [2.05, 4.69) is 10.5 Å². The van der Waals surface area contributed by atoms with Crippen molar-refractivity contribution in [2.75, 3.05) is 19.8 Å². The van der Waals surface area contributed by atoms with Crippen LogP contribution in [0.5, 0.6) is 11.5 Å². The van der Waals surface area contributed by atoms with Crippen molar-refractivity contribution in [3.8, 4) is 11.5 Å². The van der Waals surface area contributed by atoms with E-state index in [1.54, 1.807) is 6.21 Å². The third kappa shape index (κ3) is 5.44. The summed E-state index contributed by atoms with van der Waals surface area (Å²) in [4.78, 5) is 0. The predicted molar refractivity (Wildman–Crippen MR) is 96.1 cm³/mol. The third-order valence-electron chi connectivity index (χ3n) is 3.14. The normalized spacial score (nSPS) is 10.8.